The maximum absolute atomic E-state index is 12.6. The number of carbonyl (C=O) groups is 1. The quantitative estimate of drug-likeness (QED) is 0.858. The molecular formula is C15H18N4O2S. The predicted octanol–water partition coefficient (Wildman–Crippen LogP) is 1.65. The Labute approximate surface area is 133 Å². The molecule has 0 unspecified atom stereocenters. The molecule has 0 aliphatic carbocycles. The van der Waals surface area contributed by atoms with Crippen LogP contribution in [0.1, 0.15) is 16.1 Å². The molecular weight excluding hydrogens is 300 g/mol. The molecule has 2 aromatic heterocycles. The Kier molecular flexibility index (Phi) is 4.65. The number of hydrogen-bond acceptors (Lipinski definition) is 6. The molecule has 116 valence electrons. The van der Waals surface area contributed by atoms with Crippen molar-refractivity contribution >= 4 is 23.1 Å². The SMILES string of the molecule is COCCN1CCN(C(=O)c2cscn2)Cc2cccnc21. The van der Waals surface area contributed by atoms with Crippen molar-refractivity contribution in [1.29, 1.82) is 0 Å². The third-order valence-electron chi connectivity index (χ3n) is 3.67. The number of ether oxygens (including phenoxy) is 1. The molecule has 1 amide bonds. The third-order valence-corrected chi connectivity index (χ3v) is 4.26. The van der Waals surface area contributed by atoms with Crippen LogP contribution in [0, 0.1) is 0 Å². The summed E-state index contributed by atoms with van der Waals surface area (Å²) in [7, 11) is 1.69. The number of aromatic nitrogens is 2. The van der Waals surface area contributed by atoms with Crippen LogP contribution in [0.4, 0.5) is 5.82 Å². The Hall–Kier alpha value is -1.99. The number of carbonyl (C=O) groups excluding carboxylic acids is 1. The first kappa shape index (κ1) is 14.9. The molecule has 7 heteroatoms. The fourth-order valence-corrected chi connectivity index (χ4v) is 3.07. The van der Waals surface area contributed by atoms with Gasteiger partial charge in [0.05, 0.1) is 12.1 Å². The van der Waals surface area contributed by atoms with E-state index in [4.69, 9.17) is 4.74 Å². The van der Waals surface area contributed by atoms with Gasteiger partial charge >= 0.3 is 0 Å². The zero-order chi connectivity index (χ0) is 15.4. The number of methoxy groups -OCH3 is 1. The second kappa shape index (κ2) is 6.85. The minimum Gasteiger partial charge on any atom is -0.383 e. The van der Waals surface area contributed by atoms with Gasteiger partial charge in [-0.05, 0) is 6.07 Å². The largest absolute Gasteiger partial charge is 0.383 e. The number of pyridine rings is 1. The van der Waals surface area contributed by atoms with Crippen molar-refractivity contribution in [2.75, 3.05) is 38.3 Å². The zero-order valence-electron chi connectivity index (χ0n) is 12.4. The van der Waals surface area contributed by atoms with E-state index in [1.54, 1.807) is 24.2 Å². The summed E-state index contributed by atoms with van der Waals surface area (Å²) >= 11 is 1.44. The summed E-state index contributed by atoms with van der Waals surface area (Å²) in [5.41, 5.74) is 3.26. The minimum absolute atomic E-state index is 0.0235. The molecule has 3 rings (SSSR count). The summed E-state index contributed by atoms with van der Waals surface area (Å²) < 4.78 is 5.18. The van der Waals surface area contributed by atoms with Crippen LogP contribution < -0.4 is 4.90 Å². The van der Waals surface area contributed by atoms with E-state index < -0.39 is 0 Å². The van der Waals surface area contributed by atoms with Crippen LogP contribution >= 0.6 is 11.3 Å². The molecule has 1 aliphatic heterocycles. The summed E-state index contributed by atoms with van der Waals surface area (Å²) in [6, 6.07) is 3.93. The van der Waals surface area contributed by atoms with E-state index in [-0.39, 0.29) is 5.91 Å². The van der Waals surface area contributed by atoms with Gasteiger partial charge in [-0.15, -0.1) is 11.3 Å². The molecule has 1 aliphatic rings. The van der Waals surface area contributed by atoms with Gasteiger partial charge in [0.25, 0.3) is 5.91 Å². The molecule has 0 atom stereocenters. The fraction of sp³-hybridized carbons (Fsp3) is 0.400. The van der Waals surface area contributed by atoms with E-state index in [1.807, 2.05) is 17.0 Å². The topological polar surface area (TPSA) is 58.6 Å². The number of thiazole rings is 1. The van der Waals surface area contributed by atoms with Crippen LogP contribution in [0.5, 0.6) is 0 Å². The van der Waals surface area contributed by atoms with Gasteiger partial charge in [0.15, 0.2) is 0 Å². The standard InChI is InChI=1S/C15H18N4O2S/c1-21-8-7-18-5-6-19(15(20)13-10-22-11-17-13)9-12-3-2-4-16-14(12)18/h2-4,10-11H,5-9H2,1H3. The smallest absolute Gasteiger partial charge is 0.273 e. The monoisotopic (exact) mass is 318 g/mol. The van der Waals surface area contributed by atoms with Crippen LogP contribution in [0.2, 0.25) is 0 Å². The van der Waals surface area contributed by atoms with Crippen molar-refractivity contribution in [2.45, 2.75) is 6.54 Å². The molecule has 0 radical (unpaired) electrons. The van der Waals surface area contributed by atoms with E-state index >= 15 is 0 Å². The summed E-state index contributed by atoms with van der Waals surface area (Å²) in [4.78, 5) is 25.2. The zero-order valence-corrected chi connectivity index (χ0v) is 13.3. The van der Waals surface area contributed by atoms with Gasteiger partial charge in [-0.1, -0.05) is 6.07 Å². The number of rotatable bonds is 4. The molecule has 0 spiro atoms. The Bertz CT molecular complexity index is 632. The van der Waals surface area contributed by atoms with E-state index in [0.29, 0.717) is 25.4 Å². The van der Waals surface area contributed by atoms with E-state index in [0.717, 1.165) is 24.5 Å². The first-order valence-corrected chi connectivity index (χ1v) is 8.09. The number of amides is 1. The first-order chi connectivity index (χ1) is 10.8. The van der Waals surface area contributed by atoms with Crippen molar-refractivity contribution in [3.05, 3.63) is 40.5 Å². The molecule has 3 heterocycles. The number of anilines is 1. The lowest BCUT2D eigenvalue weighted by molar-refractivity contribution is 0.0746. The summed E-state index contributed by atoms with van der Waals surface area (Å²) in [6.07, 6.45) is 1.79. The highest BCUT2D eigenvalue weighted by Gasteiger charge is 2.25. The molecule has 0 N–H and O–H groups in total. The molecule has 0 bridgehead atoms. The summed E-state index contributed by atoms with van der Waals surface area (Å²) in [5, 5.41) is 1.79. The highest BCUT2D eigenvalue weighted by Crippen LogP contribution is 2.23. The Morgan fingerprint density at radius 2 is 2.32 bits per heavy atom. The van der Waals surface area contributed by atoms with Crippen molar-refractivity contribution in [3.63, 3.8) is 0 Å². The van der Waals surface area contributed by atoms with Gasteiger partial charge in [-0.25, -0.2) is 9.97 Å². The number of hydrogen-bond donors (Lipinski definition) is 0. The molecule has 0 saturated carbocycles. The molecule has 22 heavy (non-hydrogen) atoms. The predicted molar refractivity (Wildman–Crippen MR) is 85.2 cm³/mol. The van der Waals surface area contributed by atoms with Crippen molar-refractivity contribution in [2.24, 2.45) is 0 Å². The van der Waals surface area contributed by atoms with Gasteiger partial charge in [0.1, 0.15) is 11.5 Å². The third kappa shape index (κ3) is 3.10. The lowest BCUT2D eigenvalue weighted by Gasteiger charge is -2.23. The minimum atomic E-state index is -0.0235. The normalized spacial score (nSPS) is 14.6. The van der Waals surface area contributed by atoms with Gasteiger partial charge in [0.2, 0.25) is 0 Å². The van der Waals surface area contributed by atoms with Crippen molar-refractivity contribution in [1.82, 2.24) is 14.9 Å². The fourth-order valence-electron chi connectivity index (χ4n) is 2.54. The highest BCUT2D eigenvalue weighted by atomic mass is 32.1. The van der Waals surface area contributed by atoms with Crippen LogP contribution in [-0.2, 0) is 11.3 Å². The second-order valence-corrected chi connectivity index (χ2v) is 5.79. The van der Waals surface area contributed by atoms with Crippen LogP contribution in [0.25, 0.3) is 0 Å². The maximum Gasteiger partial charge on any atom is 0.273 e. The Morgan fingerprint density at radius 3 is 3.09 bits per heavy atom. The van der Waals surface area contributed by atoms with Crippen molar-refractivity contribution < 1.29 is 9.53 Å². The van der Waals surface area contributed by atoms with Gasteiger partial charge < -0.3 is 14.5 Å². The summed E-state index contributed by atoms with van der Waals surface area (Å²) in [5.74, 6) is 0.915. The van der Waals surface area contributed by atoms with Gasteiger partial charge in [0, 0.05) is 50.4 Å². The van der Waals surface area contributed by atoms with Crippen LogP contribution in [-0.4, -0.2) is 54.1 Å². The lowest BCUT2D eigenvalue weighted by Crippen LogP contribution is -2.36. The van der Waals surface area contributed by atoms with E-state index in [2.05, 4.69) is 14.9 Å². The van der Waals surface area contributed by atoms with Crippen LogP contribution in [0.3, 0.4) is 0 Å². The highest BCUT2D eigenvalue weighted by molar-refractivity contribution is 7.07. The average molecular weight is 318 g/mol. The molecule has 0 fully saturated rings. The molecule has 0 saturated heterocycles. The average Bonchev–Trinajstić information content (AvgIpc) is 3.01. The lowest BCUT2D eigenvalue weighted by atomic mass is 10.2. The second-order valence-electron chi connectivity index (χ2n) is 5.07. The van der Waals surface area contributed by atoms with Gasteiger partial charge in [-0.2, -0.15) is 0 Å². The summed E-state index contributed by atoms with van der Waals surface area (Å²) in [6.45, 7) is 3.35. The number of fused-ring (bicyclic) bond motifs is 1. The molecule has 6 nitrogen and oxygen atoms in total. The first-order valence-electron chi connectivity index (χ1n) is 7.15. The van der Waals surface area contributed by atoms with E-state index in [9.17, 15) is 4.79 Å². The Morgan fingerprint density at radius 1 is 1.41 bits per heavy atom. The Balaban J connectivity index is 1.83. The molecule has 0 aromatic carbocycles. The maximum atomic E-state index is 12.6. The van der Waals surface area contributed by atoms with Crippen molar-refractivity contribution in [3.8, 4) is 0 Å². The molecule has 2 aromatic rings. The van der Waals surface area contributed by atoms with E-state index in [1.165, 1.54) is 11.3 Å². The van der Waals surface area contributed by atoms with Crippen LogP contribution in [0.15, 0.2) is 29.2 Å². The van der Waals surface area contributed by atoms with Gasteiger partial charge in [-0.3, -0.25) is 4.79 Å². The number of nitrogens with zero attached hydrogens (tertiary/aromatic N) is 4.